The number of benzene rings is 2. The van der Waals surface area contributed by atoms with Gasteiger partial charge in [-0.2, -0.15) is 0 Å². The number of rotatable bonds is 8. The maximum absolute atomic E-state index is 12.7. The highest BCUT2D eigenvalue weighted by molar-refractivity contribution is 7.80. The zero-order valence-electron chi connectivity index (χ0n) is 19.6. The number of allylic oxidation sites excluding steroid dienone is 1. The van der Waals surface area contributed by atoms with Crippen LogP contribution in [0.3, 0.4) is 0 Å². The van der Waals surface area contributed by atoms with Crippen LogP contribution >= 0.6 is 12.2 Å². The number of hydrogen-bond acceptors (Lipinski definition) is 6. The monoisotopic (exact) mass is 494 g/mol. The molecular formula is C25H26N4O5S. The zero-order valence-corrected chi connectivity index (χ0v) is 20.4. The molecule has 1 amide bonds. The summed E-state index contributed by atoms with van der Waals surface area (Å²) in [6.07, 6.45) is 2.92. The van der Waals surface area contributed by atoms with Crippen LogP contribution in [0.1, 0.15) is 37.9 Å². The fourth-order valence-electron chi connectivity index (χ4n) is 3.71. The molecule has 1 aliphatic rings. The van der Waals surface area contributed by atoms with Crippen molar-refractivity contribution >= 4 is 46.7 Å². The average Bonchev–Trinajstić information content (AvgIpc) is 2.83. The van der Waals surface area contributed by atoms with E-state index < -0.39 is 16.9 Å². The molecular weight excluding hydrogens is 468 g/mol. The highest BCUT2D eigenvalue weighted by atomic mass is 32.1. The normalized spacial score (nSPS) is 15.7. The first-order chi connectivity index (χ1) is 16.7. The predicted molar refractivity (Wildman–Crippen MR) is 137 cm³/mol. The number of nitro groups is 1. The molecule has 1 heterocycles. The Labute approximate surface area is 208 Å². The van der Waals surface area contributed by atoms with Gasteiger partial charge >= 0.3 is 5.97 Å². The van der Waals surface area contributed by atoms with Crippen LogP contribution in [-0.4, -0.2) is 40.0 Å². The Kier molecular flexibility index (Phi) is 8.32. The molecule has 0 bridgehead atoms. The number of carbonyl (C=O) groups is 2. The number of nitrogens with one attached hydrogen (secondary N) is 2. The van der Waals surface area contributed by atoms with Gasteiger partial charge in [-0.25, -0.2) is 4.79 Å². The summed E-state index contributed by atoms with van der Waals surface area (Å²) in [5.74, 6) is -0.758. The number of non-ortho nitro benzene ring substituents is 1. The molecule has 35 heavy (non-hydrogen) atoms. The third-order valence-electron chi connectivity index (χ3n) is 5.45. The molecule has 3 rings (SSSR count). The molecule has 0 aliphatic carbocycles. The number of esters is 1. The topological polar surface area (TPSA) is 114 Å². The maximum atomic E-state index is 12.7. The van der Waals surface area contributed by atoms with Gasteiger partial charge in [0.25, 0.3) is 5.69 Å². The summed E-state index contributed by atoms with van der Waals surface area (Å²) < 4.78 is 5.28. The van der Waals surface area contributed by atoms with Gasteiger partial charge in [0.2, 0.25) is 5.91 Å². The average molecular weight is 495 g/mol. The number of carbonyl (C=O) groups excluding carboxylic acids is 2. The second-order valence-corrected chi connectivity index (χ2v) is 8.03. The van der Waals surface area contributed by atoms with Gasteiger partial charge in [-0.05, 0) is 74.5 Å². The van der Waals surface area contributed by atoms with Crippen molar-refractivity contribution in [2.75, 3.05) is 18.5 Å². The second-order valence-electron chi connectivity index (χ2n) is 7.64. The smallest absolute Gasteiger partial charge is 0.338 e. The zero-order chi connectivity index (χ0) is 25.5. The number of nitro benzene ring substituents is 1. The number of hydrogen-bond donors (Lipinski definition) is 2. The van der Waals surface area contributed by atoms with Gasteiger partial charge in [-0.3, -0.25) is 14.9 Å². The van der Waals surface area contributed by atoms with Crippen molar-refractivity contribution in [1.29, 1.82) is 0 Å². The fourth-order valence-corrected chi connectivity index (χ4v) is 4.09. The van der Waals surface area contributed by atoms with E-state index in [1.165, 1.54) is 18.2 Å². The lowest BCUT2D eigenvalue weighted by Gasteiger charge is -2.37. The minimum Gasteiger partial charge on any atom is -0.463 e. The molecule has 0 saturated carbocycles. The van der Waals surface area contributed by atoms with Crippen LogP contribution in [0.2, 0.25) is 0 Å². The Morgan fingerprint density at radius 1 is 1.17 bits per heavy atom. The fraction of sp³-hybridized carbons (Fsp3) is 0.240. The lowest BCUT2D eigenvalue weighted by atomic mass is 9.95. The molecule has 1 atom stereocenters. The van der Waals surface area contributed by atoms with Gasteiger partial charge < -0.3 is 20.3 Å². The minimum absolute atomic E-state index is 0.0153. The van der Waals surface area contributed by atoms with Gasteiger partial charge in [-0.15, -0.1) is 0 Å². The quantitative estimate of drug-likeness (QED) is 0.183. The second kappa shape index (κ2) is 11.4. The van der Waals surface area contributed by atoms with Gasteiger partial charge in [0, 0.05) is 36.1 Å². The van der Waals surface area contributed by atoms with Crippen molar-refractivity contribution in [3.05, 3.63) is 87.1 Å². The van der Waals surface area contributed by atoms with Crippen molar-refractivity contribution in [1.82, 2.24) is 10.2 Å². The number of nitrogens with zero attached hydrogens (tertiary/aromatic N) is 2. The molecule has 2 aromatic carbocycles. The molecule has 0 aromatic heterocycles. The summed E-state index contributed by atoms with van der Waals surface area (Å²) in [5.41, 5.74) is 3.25. The van der Waals surface area contributed by atoms with E-state index in [1.54, 1.807) is 37.3 Å². The van der Waals surface area contributed by atoms with E-state index in [4.69, 9.17) is 17.0 Å². The SMILES string of the molecule is CCOC(=O)C1=C(C)N(CC)C(=S)NC1c1ccc(NC(=O)/C=C/c2ccc([N+](=O)[O-])cc2)cc1. The summed E-state index contributed by atoms with van der Waals surface area (Å²) in [7, 11) is 0. The Hall–Kier alpha value is -4.05. The van der Waals surface area contributed by atoms with Crippen molar-refractivity contribution in [2.24, 2.45) is 0 Å². The molecule has 0 radical (unpaired) electrons. The van der Waals surface area contributed by atoms with E-state index in [-0.39, 0.29) is 18.2 Å². The minimum atomic E-state index is -0.479. The van der Waals surface area contributed by atoms with E-state index in [0.717, 1.165) is 11.3 Å². The molecule has 2 N–H and O–H groups in total. The molecule has 1 aliphatic heterocycles. The first kappa shape index (κ1) is 25.6. The summed E-state index contributed by atoms with van der Waals surface area (Å²) in [6, 6.07) is 12.5. The molecule has 10 heteroatoms. The molecule has 9 nitrogen and oxygen atoms in total. The lowest BCUT2D eigenvalue weighted by molar-refractivity contribution is -0.384. The van der Waals surface area contributed by atoms with E-state index >= 15 is 0 Å². The molecule has 1 unspecified atom stereocenters. The Morgan fingerprint density at radius 3 is 2.40 bits per heavy atom. The third kappa shape index (κ3) is 6.10. The first-order valence-electron chi connectivity index (χ1n) is 11.0. The Bertz CT molecular complexity index is 1190. The first-order valence-corrected chi connectivity index (χ1v) is 11.4. The largest absolute Gasteiger partial charge is 0.463 e. The maximum Gasteiger partial charge on any atom is 0.338 e. The standard InChI is InChI=1S/C25H26N4O5S/c1-4-28-16(3)22(24(31)34-5-2)23(27-25(28)35)18-9-11-19(12-10-18)26-21(30)15-8-17-6-13-20(14-7-17)29(32)33/h6-15,23H,4-5H2,1-3H3,(H,26,30)(H,27,35)/b15-8+. The van der Waals surface area contributed by atoms with Gasteiger partial charge in [-0.1, -0.05) is 12.1 Å². The van der Waals surface area contributed by atoms with Gasteiger partial charge in [0.05, 0.1) is 23.1 Å². The van der Waals surface area contributed by atoms with Crippen LogP contribution in [0.4, 0.5) is 11.4 Å². The lowest BCUT2D eigenvalue weighted by Crippen LogP contribution is -2.47. The molecule has 182 valence electrons. The summed E-state index contributed by atoms with van der Waals surface area (Å²) >= 11 is 5.49. The van der Waals surface area contributed by atoms with Crippen molar-refractivity contribution in [2.45, 2.75) is 26.8 Å². The summed E-state index contributed by atoms with van der Waals surface area (Å²) in [4.78, 5) is 37.1. The van der Waals surface area contributed by atoms with E-state index in [2.05, 4.69) is 10.6 Å². The van der Waals surface area contributed by atoms with Crippen LogP contribution in [0, 0.1) is 10.1 Å². The number of amides is 1. The Morgan fingerprint density at radius 2 is 1.83 bits per heavy atom. The van der Waals surface area contributed by atoms with E-state index in [1.807, 2.05) is 30.9 Å². The van der Waals surface area contributed by atoms with Crippen LogP contribution in [0.5, 0.6) is 0 Å². The predicted octanol–water partition coefficient (Wildman–Crippen LogP) is 4.33. The van der Waals surface area contributed by atoms with Crippen LogP contribution in [-0.2, 0) is 14.3 Å². The molecule has 0 spiro atoms. The molecule has 2 aromatic rings. The summed E-state index contributed by atoms with van der Waals surface area (Å²) in [6.45, 7) is 6.44. The number of ether oxygens (including phenoxy) is 1. The van der Waals surface area contributed by atoms with Crippen molar-refractivity contribution in [3.8, 4) is 0 Å². The van der Waals surface area contributed by atoms with Crippen LogP contribution in [0.25, 0.3) is 6.08 Å². The Balaban J connectivity index is 1.74. The van der Waals surface area contributed by atoms with E-state index in [0.29, 0.717) is 28.5 Å². The van der Waals surface area contributed by atoms with Crippen LogP contribution < -0.4 is 10.6 Å². The molecule has 0 fully saturated rings. The highest BCUT2D eigenvalue weighted by Gasteiger charge is 2.34. The highest BCUT2D eigenvalue weighted by Crippen LogP contribution is 2.32. The van der Waals surface area contributed by atoms with Crippen molar-refractivity contribution < 1.29 is 19.2 Å². The van der Waals surface area contributed by atoms with Gasteiger partial charge in [0.1, 0.15) is 0 Å². The van der Waals surface area contributed by atoms with Crippen LogP contribution in [0.15, 0.2) is 65.9 Å². The van der Waals surface area contributed by atoms with Crippen molar-refractivity contribution in [3.63, 3.8) is 0 Å². The number of thiocarbonyl (C=S) groups is 1. The number of anilines is 1. The van der Waals surface area contributed by atoms with E-state index in [9.17, 15) is 19.7 Å². The third-order valence-corrected chi connectivity index (χ3v) is 5.79. The molecule has 0 saturated heterocycles. The van der Waals surface area contributed by atoms with Gasteiger partial charge in [0.15, 0.2) is 5.11 Å². The summed E-state index contributed by atoms with van der Waals surface area (Å²) in [5, 5.41) is 17.2.